The summed E-state index contributed by atoms with van der Waals surface area (Å²) in [6.45, 7) is 6.01. The first-order valence-corrected chi connectivity index (χ1v) is 8.44. The third kappa shape index (κ3) is 3.43. The first-order valence-electron chi connectivity index (χ1n) is 8.44. The fraction of sp³-hybridized carbons (Fsp3) is 0.611. The van der Waals surface area contributed by atoms with Gasteiger partial charge in [-0.1, -0.05) is 19.9 Å². The van der Waals surface area contributed by atoms with E-state index < -0.39 is 0 Å². The van der Waals surface area contributed by atoms with Crippen LogP contribution in [-0.2, 0) is 17.6 Å². The molecule has 0 amide bonds. The molecule has 1 heterocycles. The normalized spacial score (nSPS) is 24.8. The third-order valence-corrected chi connectivity index (χ3v) is 4.79. The molecule has 1 fully saturated rings. The molecule has 1 aliphatic heterocycles. The minimum atomic E-state index is 0.316. The highest BCUT2D eigenvalue weighted by Crippen LogP contribution is 2.27. The van der Waals surface area contributed by atoms with Crippen LogP contribution in [-0.4, -0.2) is 25.2 Å². The Morgan fingerprint density at radius 3 is 3.00 bits per heavy atom. The van der Waals surface area contributed by atoms with E-state index in [1.807, 2.05) is 0 Å². The number of guanidine groups is 1. The van der Waals surface area contributed by atoms with Crippen LogP contribution in [0.3, 0.4) is 0 Å². The van der Waals surface area contributed by atoms with Crippen molar-refractivity contribution < 1.29 is 4.74 Å². The van der Waals surface area contributed by atoms with Gasteiger partial charge in [0.2, 0.25) is 0 Å². The quantitative estimate of drug-likeness (QED) is 0.664. The second-order valence-electron chi connectivity index (χ2n) is 6.82. The van der Waals surface area contributed by atoms with Crippen LogP contribution in [0.1, 0.15) is 37.8 Å². The molecule has 1 aromatic rings. The van der Waals surface area contributed by atoms with E-state index in [4.69, 9.17) is 10.5 Å². The Morgan fingerprint density at radius 1 is 1.36 bits per heavy atom. The lowest BCUT2D eigenvalue weighted by molar-refractivity contribution is 0.0559. The predicted octanol–water partition coefficient (Wildman–Crippen LogP) is 2.96. The van der Waals surface area contributed by atoms with Crippen molar-refractivity contribution in [1.29, 1.82) is 0 Å². The van der Waals surface area contributed by atoms with E-state index in [1.54, 1.807) is 0 Å². The Morgan fingerprint density at radius 2 is 2.18 bits per heavy atom. The number of hydrogen-bond donors (Lipinski definition) is 2. The van der Waals surface area contributed by atoms with Crippen LogP contribution in [0.25, 0.3) is 0 Å². The van der Waals surface area contributed by atoms with Crippen LogP contribution < -0.4 is 11.1 Å². The lowest BCUT2D eigenvalue weighted by atomic mass is 9.93. The monoisotopic (exact) mass is 301 g/mol. The van der Waals surface area contributed by atoms with Gasteiger partial charge in [-0.2, -0.15) is 0 Å². The average molecular weight is 301 g/mol. The molecule has 2 aliphatic rings. The lowest BCUT2D eigenvalue weighted by Gasteiger charge is -2.20. The molecule has 0 saturated carbocycles. The lowest BCUT2D eigenvalue weighted by Crippen LogP contribution is -2.28. The highest BCUT2D eigenvalue weighted by Gasteiger charge is 2.30. The van der Waals surface area contributed by atoms with Gasteiger partial charge in [-0.25, -0.2) is 0 Å². The molecule has 4 heteroatoms. The SMILES string of the molecule is CC(C)C1OCCC1CN=C(N)Nc1ccc2c(c1)CCC2. The standard InChI is InChI=1S/C18H27N3O/c1-12(2)17-15(8-9-22-17)11-20-18(19)21-16-7-6-13-4-3-5-14(13)10-16/h6-7,10,12,15,17H,3-5,8-9,11H2,1-2H3,(H3,19,20,21). The van der Waals surface area contributed by atoms with E-state index in [0.29, 0.717) is 23.9 Å². The van der Waals surface area contributed by atoms with E-state index in [-0.39, 0.29) is 0 Å². The van der Waals surface area contributed by atoms with Gasteiger partial charge in [0.05, 0.1) is 6.10 Å². The second-order valence-corrected chi connectivity index (χ2v) is 6.82. The Kier molecular flexibility index (Phi) is 4.67. The van der Waals surface area contributed by atoms with Gasteiger partial charge >= 0.3 is 0 Å². The van der Waals surface area contributed by atoms with Crippen molar-refractivity contribution in [2.75, 3.05) is 18.5 Å². The van der Waals surface area contributed by atoms with Crippen molar-refractivity contribution in [3.63, 3.8) is 0 Å². The molecule has 0 aromatic heterocycles. The van der Waals surface area contributed by atoms with E-state index in [9.17, 15) is 0 Å². The summed E-state index contributed by atoms with van der Waals surface area (Å²) in [5.41, 5.74) is 10.0. The smallest absolute Gasteiger partial charge is 0.193 e. The molecule has 0 bridgehead atoms. The molecular weight excluding hydrogens is 274 g/mol. The van der Waals surface area contributed by atoms with Crippen molar-refractivity contribution in [3.8, 4) is 0 Å². The number of nitrogens with zero attached hydrogens (tertiary/aromatic N) is 1. The first-order chi connectivity index (χ1) is 10.6. The summed E-state index contributed by atoms with van der Waals surface area (Å²) >= 11 is 0. The van der Waals surface area contributed by atoms with Crippen molar-refractivity contribution in [2.45, 2.75) is 45.6 Å². The van der Waals surface area contributed by atoms with Gasteiger partial charge in [0.15, 0.2) is 5.96 Å². The zero-order chi connectivity index (χ0) is 15.5. The van der Waals surface area contributed by atoms with Crippen molar-refractivity contribution in [2.24, 2.45) is 22.6 Å². The summed E-state index contributed by atoms with van der Waals surface area (Å²) in [6, 6.07) is 6.51. The third-order valence-electron chi connectivity index (χ3n) is 4.79. The van der Waals surface area contributed by atoms with E-state index in [1.165, 1.54) is 30.4 Å². The second kappa shape index (κ2) is 6.69. The maximum atomic E-state index is 6.05. The summed E-state index contributed by atoms with van der Waals surface area (Å²) in [6.07, 6.45) is 5.05. The number of nitrogens with one attached hydrogen (secondary N) is 1. The Labute approximate surface area is 133 Å². The molecule has 22 heavy (non-hydrogen) atoms. The molecule has 1 saturated heterocycles. The van der Waals surface area contributed by atoms with Gasteiger partial charge in [-0.15, -0.1) is 0 Å². The van der Waals surface area contributed by atoms with E-state index >= 15 is 0 Å². The van der Waals surface area contributed by atoms with Gasteiger partial charge in [0, 0.05) is 24.8 Å². The fourth-order valence-electron chi connectivity index (χ4n) is 3.64. The van der Waals surface area contributed by atoms with Crippen LogP contribution >= 0.6 is 0 Å². The van der Waals surface area contributed by atoms with Gasteiger partial charge < -0.3 is 15.8 Å². The minimum Gasteiger partial charge on any atom is -0.378 e. The summed E-state index contributed by atoms with van der Waals surface area (Å²) in [5, 5.41) is 3.23. The van der Waals surface area contributed by atoms with E-state index in [2.05, 4.69) is 42.4 Å². The van der Waals surface area contributed by atoms with Crippen LogP contribution in [0.15, 0.2) is 23.2 Å². The van der Waals surface area contributed by atoms with Crippen molar-refractivity contribution in [3.05, 3.63) is 29.3 Å². The summed E-state index contributed by atoms with van der Waals surface area (Å²) in [7, 11) is 0. The van der Waals surface area contributed by atoms with Gasteiger partial charge in [0.25, 0.3) is 0 Å². The Hall–Kier alpha value is -1.55. The maximum absolute atomic E-state index is 6.05. The molecule has 120 valence electrons. The Balaban J connectivity index is 1.58. The topological polar surface area (TPSA) is 59.6 Å². The molecule has 3 N–H and O–H groups in total. The average Bonchev–Trinajstić information content (AvgIpc) is 3.13. The number of benzene rings is 1. The van der Waals surface area contributed by atoms with Crippen molar-refractivity contribution >= 4 is 11.6 Å². The molecule has 0 radical (unpaired) electrons. The summed E-state index contributed by atoms with van der Waals surface area (Å²) < 4.78 is 5.80. The number of hydrogen-bond acceptors (Lipinski definition) is 2. The molecule has 1 aliphatic carbocycles. The van der Waals surface area contributed by atoms with Gasteiger partial charge in [-0.3, -0.25) is 4.99 Å². The molecule has 2 unspecified atom stereocenters. The van der Waals surface area contributed by atoms with E-state index in [0.717, 1.165) is 25.3 Å². The number of aryl methyl sites for hydroxylation is 2. The highest BCUT2D eigenvalue weighted by molar-refractivity contribution is 5.92. The predicted molar refractivity (Wildman–Crippen MR) is 91.3 cm³/mol. The molecule has 1 aromatic carbocycles. The zero-order valence-electron chi connectivity index (χ0n) is 13.6. The highest BCUT2D eigenvalue weighted by atomic mass is 16.5. The fourth-order valence-corrected chi connectivity index (χ4v) is 3.64. The largest absolute Gasteiger partial charge is 0.378 e. The number of ether oxygens (including phenoxy) is 1. The number of nitrogens with two attached hydrogens (primary N) is 1. The zero-order valence-corrected chi connectivity index (χ0v) is 13.6. The molecule has 0 spiro atoms. The molecular formula is C18H27N3O. The van der Waals surface area contributed by atoms with Crippen molar-refractivity contribution in [1.82, 2.24) is 0 Å². The van der Waals surface area contributed by atoms with Gasteiger partial charge in [-0.05, 0) is 54.9 Å². The molecule has 3 rings (SSSR count). The molecule has 2 atom stereocenters. The number of aliphatic imine (C=N–C) groups is 1. The minimum absolute atomic E-state index is 0.316. The van der Waals surface area contributed by atoms with Crippen LogP contribution in [0, 0.1) is 11.8 Å². The number of anilines is 1. The van der Waals surface area contributed by atoms with Crippen LogP contribution in [0.4, 0.5) is 5.69 Å². The summed E-state index contributed by atoms with van der Waals surface area (Å²) in [5.74, 6) is 1.53. The summed E-state index contributed by atoms with van der Waals surface area (Å²) in [4.78, 5) is 4.53. The maximum Gasteiger partial charge on any atom is 0.193 e. The van der Waals surface area contributed by atoms with Gasteiger partial charge in [0.1, 0.15) is 0 Å². The number of rotatable bonds is 4. The first kappa shape index (κ1) is 15.3. The number of fused-ring (bicyclic) bond motifs is 1. The van der Waals surface area contributed by atoms with Crippen LogP contribution in [0.2, 0.25) is 0 Å². The van der Waals surface area contributed by atoms with Crippen LogP contribution in [0.5, 0.6) is 0 Å². The Bertz CT molecular complexity index is 553. The molecule has 4 nitrogen and oxygen atoms in total.